The third-order valence-corrected chi connectivity index (χ3v) is 4.37. The molecule has 0 bridgehead atoms. The van der Waals surface area contributed by atoms with Gasteiger partial charge in [-0.25, -0.2) is 0 Å². The Morgan fingerprint density at radius 3 is 2.62 bits per heavy atom. The number of amides is 1. The van der Waals surface area contributed by atoms with E-state index in [2.05, 4.69) is 6.58 Å². The summed E-state index contributed by atoms with van der Waals surface area (Å²) >= 11 is 0. The molecule has 1 amide bonds. The molecule has 0 heterocycles. The number of hydrogen-bond donors (Lipinski definition) is 0. The van der Waals surface area contributed by atoms with Gasteiger partial charge in [0.2, 0.25) is 0 Å². The maximum absolute atomic E-state index is 12.6. The highest BCUT2D eigenvalue weighted by atomic mass is 16.2. The maximum atomic E-state index is 12.6. The summed E-state index contributed by atoms with van der Waals surface area (Å²) in [5.41, 5.74) is 3.04. The third-order valence-electron chi connectivity index (χ3n) is 4.37. The molecular formula is C19H25NO. The molecule has 1 aliphatic rings. The van der Waals surface area contributed by atoms with E-state index in [4.69, 9.17) is 0 Å². The summed E-state index contributed by atoms with van der Waals surface area (Å²) in [7, 11) is 1.94. The number of aryl methyl sites for hydroxylation is 1. The van der Waals surface area contributed by atoms with Crippen LogP contribution in [0.2, 0.25) is 0 Å². The summed E-state index contributed by atoms with van der Waals surface area (Å²) in [6.45, 7) is 5.72. The summed E-state index contributed by atoms with van der Waals surface area (Å²) in [4.78, 5) is 14.6. The van der Waals surface area contributed by atoms with Gasteiger partial charge in [0.25, 0.3) is 5.91 Å². The Balaban J connectivity index is 2.13. The lowest BCUT2D eigenvalue weighted by Gasteiger charge is -2.31. The van der Waals surface area contributed by atoms with E-state index < -0.39 is 0 Å². The average molecular weight is 283 g/mol. The number of benzene rings is 1. The first-order valence-corrected chi connectivity index (χ1v) is 7.80. The molecule has 1 aromatic rings. The predicted octanol–water partition coefficient (Wildman–Crippen LogP) is 4.60. The Kier molecular flexibility index (Phi) is 5.38. The molecule has 1 aliphatic carbocycles. The summed E-state index contributed by atoms with van der Waals surface area (Å²) in [6, 6.07) is 6.34. The minimum Gasteiger partial charge on any atom is -0.339 e. The van der Waals surface area contributed by atoms with Crippen LogP contribution in [0.15, 0.2) is 36.9 Å². The molecule has 2 nitrogen and oxygen atoms in total. The highest BCUT2D eigenvalue weighted by molar-refractivity contribution is 5.94. The van der Waals surface area contributed by atoms with Gasteiger partial charge in [-0.15, -0.1) is 0 Å². The van der Waals surface area contributed by atoms with Gasteiger partial charge < -0.3 is 4.90 Å². The van der Waals surface area contributed by atoms with E-state index in [-0.39, 0.29) is 5.91 Å². The SMILES string of the molecule is C=C/C=C\c1ccc(C(=O)N(C)C2CCCCC2)cc1C. The van der Waals surface area contributed by atoms with Crippen LogP contribution in [-0.2, 0) is 0 Å². The molecule has 21 heavy (non-hydrogen) atoms. The largest absolute Gasteiger partial charge is 0.339 e. The second-order valence-electron chi connectivity index (χ2n) is 5.87. The monoisotopic (exact) mass is 283 g/mol. The number of hydrogen-bond acceptors (Lipinski definition) is 1. The molecular weight excluding hydrogens is 258 g/mol. The van der Waals surface area contributed by atoms with Crippen LogP contribution in [0.25, 0.3) is 6.08 Å². The smallest absolute Gasteiger partial charge is 0.253 e. The number of carbonyl (C=O) groups is 1. The van der Waals surface area contributed by atoms with Crippen LogP contribution < -0.4 is 0 Å². The van der Waals surface area contributed by atoms with Crippen molar-refractivity contribution in [2.24, 2.45) is 0 Å². The lowest BCUT2D eigenvalue weighted by Crippen LogP contribution is -2.38. The van der Waals surface area contributed by atoms with Gasteiger partial charge in [0.15, 0.2) is 0 Å². The van der Waals surface area contributed by atoms with Crippen LogP contribution in [-0.4, -0.2) is 23.9 Å². The highest BCUT2D eigenvalue weighted by Crippen LogP contribution is 2.23. The van der Waals surface area contributed by atoms with Gasteiger partial charge in [-0.2, -0.15) is 0 Å². The minimum atomic E-state index is 0.143. The molecule has 0 spiro atoms. The van der Waals surface area contributed by atoms with Crippen molar-refractivity contribution in [3.05, 3.63) is 53.6 Å². The van der Waals surface area contributed by atoms with Gasteiger partial charge >= 0.3 is 0 Å². The van der Waals surface area contributed by atoms with Gasteiger partial charge in [0.1, 0.15) is 0 Å². The van der Waals surface area contributed by atoms with Gasteiger partial charge in [0.05, 0.1) is 0 Å². The Morgan fingerprint density at radius 1 is 1.29 bits per heavy atom. The van der Waals surface area contributed by atoms with Crippen LogP contribution in [0.4, 0.5) is 0 Å². The average Bonchev–Trinajstić information content (AvgIpc) is 2.53. The Labute approximate surface area is 128 Å². The Hall–Kier alpha value is -1.83. The molecule has 0 radical (unpaired) electrons. The van der Waals surface area contributed by atoms with Crippen molar-refractivity contribution in [2.45, 2.75) is 45.1 Å². The van der Waals surface area contributed by atoms with Crippen LogP contribution in [0.5, 0.6) is 0 Å². The predicted molar refractivity (Wildman–Crippen MR) is 89.4 cm³/mol. The molecule has 0 aromatic heterocycles. The lowest BCUT2D eigenvalue weighted by molar-refractivity contribution is 0.0696. The lowest BCUT2D eigenvalue weighted by atomic mass is 9.94. The summed E-state index contributed by atoms with van der Waals surface area (Å²) in [5, 5.41) is 0. The molecule has 2 heteroatoms. The van der Waals surface area contributed by atoms with E-state index >= 15 is 0 Å². The molecule has 0 atom stereocenters. The van der Waals surface area contributed by atoms with Crippen molar-refractivity contribution in [2.75, 3.05) is 7.05 Å². The summed E-state index contributed by atoms with van der Waals surface area (Å²) < 4.78 is 0. The highest BCUT2D eigenvalue weighted by Gasteiger charge is 2.23. The van der Waals surface area contributed by atoms with E-state index in [0.717, 1.165) is 29.5 Å². The molecule has 0 aliphatic heterocycles. The number of rotatable bonds is 4. The normalized spacial score (nSPS) is 16.1. The molecule has 2 rings (SSSR count). The zero-order chi connectivity index (χ0) is 15.2. The van der Waals surface area contributed by atoms with Crippen LogP contribution in [0, 0.1) is 6.92 Å². The van der Waals surface area contributed by atoms with Crippen molar-refractivity contribution in [3.8, 4) is 0 Å². The number of nitrogens with zero attached hydrogens (tertiary/aromatic N) is 1. The van der Waals surface area contributed by atoms with Crippen molar-refractivity contribution in [3.63, 3.8) is 0 Å². The first-order chi connectivity index (χ1) is 10.1. The Bertz CT molecular complexity index is 538. The van der Waals surface area contributed by atoms with Gasteiger partial charge in [-0.1, -0.05) is 50.1 Å². The molecule has 1 fully saturated rings. The van der Waals surface area contributed by atoms with Gasteiger partial charge in [-0.05, 0) is 43.0 Å². The minimum absolute atomic E-state index is 0.143. The zero-order valence-corrected chi connectivity index (χ0v) is 13.1. The first-order valence-electron chi connectivity index (χ1n) is 7.80. The second-order valence-corrected chi connectivity index (χ2v) is 5.87. The molecule has 0 unspecified atom stereocenters. The quantitative estimate of drug-likeness (QED) is 0.740. The van der Waals surface area contributed by atoms with Gasteiger partial charge in [-0.3, -0.25) is 4.79 Å². The Morgan fingerprint density at radius 2 is 2.00 bits per heavy atom. The van der Waals surface area contributed by atoms with E-state index in [0.29, 0.717) is 6.04 Å². The van der Waals surface area contributed by atoms with Crippen molar-refractivity contribution in [1.82, 2.24) is 4.90 Å². The standard InChI is InChI=1S/C19H25NO/c1-4-5-9-16-12-13-17(14-15(16)2)19(21)20(3)18-10-7-6-8-11-18/h4-5,9,12-14,18H,1,6-8,10-11H2,2-3H3/b9-5-. The van der Waals surface area contributed by atoms with Crippen molar-refractivity contribution in [1.29, 1.82) is 0 Å². The fraction of sp³-hybridized carbons (Fsp3) is 0.421. The van der Waals surface area contributed by atoms with Crippen molar-refractivity contribution < 1.29 is 4.79 Å². The van der Waals surface area contributed by atoms with Gasteiger partial charge in [0, 0.05) is 18.7 Å². The fourth-order valence-electron chi connectivity index (χ4n) is 3.01. The van der Waals surface area contributed by atoms with Crippen LogP contribution >= 0.6 is 0 Å². The van der Waals surface area contributed by atoms with E-state index in [9.17, 15) is 4.79 Å². The maximum Gasteiger partial charge on any atom is 0.253 e. The molecule has 112 valence electrons. The zero-order valence-electron chi connectivity index (χ0n) is 13.1. The van der Waals surface area contributed by atoms with Crippen LogP contribution in [0.1, 0.15) is 53.6 Å². The number of carbonyl (C=O) groups excluding carboxylic acids is 1. The van der Waals surface area contributed by atoms with E-state index in [1.165, 1.54) is 19.3 Å². The summed E-state index contributed by atoms with van der Waals surface area (Å²) in [5.74, 6) is 0.143. The molecule has 1 saturated carbocycles. The third kappa shape index (κ3) is 3.84. The molecule has 0 saturated heterocycles. The summed E-state index contributed by atoms with van der Waals surface area (Å²) in [6.07, 6.45) is 11.8. The molecule has 0 N–H and O–H groups in total. The van der Waals surface area contributed by atoms with E-state index in [1.54, 1.807) is 6.08 Å². The second kappa shape index (κ2) is 7.26. The fourth-order valence-corrected chi connectivity index (χ4v) is 3.01. The molecule has 1 aromatic carbocycles. The van der Waals surface area contributed by atoms with Crippen LogP contribution in [0.3, 0.4) is 0 Å². The number of allylic oxidation sites excluding steroid dienone is 2. The van der Waals surface area contributed by atoms with Crippen molar-refractivity contribution >= 4 is 12.0 Å². The first kappa shape index (κ1) is 15.6. The topological polar surface area (TPSA) is 20.3 Å². The van der Waals surface area contributed by atoms with E-state index in [1.807, 2.05) is 49.2 Å².